The summed E-state index contributed by atoms with van der Waals surface area (Å²) < 4.78 is 6.68. The van der Waals surface area contributed by atoms with Crippen LogP contribution < -0.4 is 5.32 Å². The quantitative estimate of drug-likeness (QED) is 0.743. The molecule has 0 saturated heterocycles. The van der Waals surface area contributed by atoms with Gasteiger partial charge in [-0.1, -0.05) is 0 Å². The molecule has 0 aliphatic carbocycles. The highest BCUT2D eigenvalue weighted by Gasteiger charge is 2.09. The summed E-state index contributed by atoms with van der Waals surface area (Å²) in [6.45, 7) is 0.119. The largest absolute Gasteiger partial charge is 0.449 e. The molecule has 3 rings (SSSR count). The summed E-state index contributed by atoms with van der Waals surface area (Å²) >= 11 is 0. The highest BCUT2D eigenvalue weighted by Crippen LogP contribution is 2.09. The molecule has 0 unspecified atom stereocenters. The highest BCUT2D eigenvalue weighted by molar-refractivity contribution is 5.89. The van der Waals surface area contributed by atoms with Crippen molar-refractivity contribution < 1.29 is 9.21 Å². The van der Waals surface area contributed by atoms with Crippen molar-refractivity contribution in [3.05, 3.63) is 37.2 Å². The first-order valence-corrected chi connectivity index (χ1v) is 5.27. The average Bonchev–Trinajstić information content (AvgIpc) is 3.00. The Bertz CT molecular complexity index is 674. The summed E-state index contributed by atoms with van der Waals surface area (Å²) in [4.78, 5) is 23.8. The van der Waals surface area contributed by atoms with E-state index >= 15 is 0 Å². The summed E-state index contributed by atoms with van der Waals surface area (Å²) in [5.74, 6) is 0.210. The number of hydrogen-bond acceptors (Lipinski definition) is 5. The van der Waals surface area contributed by atoms with E-state index < -0.39 is 0 Å². The standard InChI is InChI=1S/C11H9N5O2/c17-9(15-10-2-1-3-18-10)5-16-7-14-8-4-12-6-13-11(8)16/h1-4,6-7H,5H2,(H,15,17). The van der Waals surface area contributed by atoms with Crippen LogP contribution in [0.25, 0.3) is 11.2 Å². The third-order valence-electron chi connectivity index (χ3n) is 2.38. The number of nitrogens with zero attached hydrogens (tertiary/aromatic N) is 4. The van der Waals surface area contributed by atoms with Crippen LogP contribution in [-0.4, -0.2) is 25.4 Å². The first kappa shape index (κ1) is 10.5. The van der Waals surface area contributed by atoms with E-state index in [1.54, 1.807) is 29.2 Å². The number of hydrogen-bond donors (Lipinski definition) is 1. The van der Waals surface area contributed by atoms with Gasteiger partial charge in [0.15, 0.2) is 11.5 Å². The van der Waals surface area contributed by atoms with Crippen LogP contribution in [0, 0.1) is 0 Å². The second-order valence-electron chi connectivity index (χ2n) is 3.63. The second kappa shape index (κ2) is 4.28. The Morgan fingerprint density at radius 3 is 3.22 bits per heavy atom. The minimum atomic E-state index is -0.206. The lowest BCUT2D eigenvalue weighted by molar-refractivity contribution is -0.116. The van der Waals surface area contributed by atoms with Gasteiger partial charge in [-0.05, 0) is 6.07 Å². The monoisotopic (exact) mass is 243 g/mol. The number of imidazole rings is 1. The van der Waals surface area contributed by atoms with Crippen LogP contribution in [0.15, 0.2) is 41.7 Å². The Morgan fingerprint density at radius 1 is 1.44 bits per heavy atom. The fraction of sp³-hybridized carbons (Fsp3) is 0.0909. The number of amides is 1. The maximum absolute atomic E-state index is 11.8. The van der Waals surface area contributed by atoms with Crippen molar-refractivity contribution in [3.63, 3.8) is 0 Å². The lowest BCUT2D eigenvalue weighted by Crippen LogP contribution is -2.18. The van der Waals surface area contributed by atoms with Crippen molar-refractivity contribution in [1.82, 2.24) is 19.5 Å². The van der Waals surface area contributed by atoms with E-state index in [9.17, 15) is 4.79 Å². The zero-order valence-corrected chi connectivity index (χ0v) is 9.28. The second-order valence-corrected chi connectivity index (χ2v) is 3.63. The molecule has 90 valence electrons. The molecular weight excluding hydrogens is 234 g/mol. The summed E-state index contributed by atoms with van der Waals surface area (Å²) in [5, 5.41) is 2.63. The zero-order valence-electron chi connectivity index (χ0n) is 9.28. The maximum atomic E-state index is 11.8. The SMILES string of the molecule is O=C(Cn1cnc2cncnc21)Nc1ccco1. The van der Waals surface area contributed by atoms with Gasteiger partial charge >= 0.3 is 0 Å². The molecular formula is C11H9N5O2. The Kier molecular flexibility index (Phi) is 2.49. The topological polar surface area (TPSA) is 85.8 Å². The molecule has 3 aromatic heterocycles. The van der Waals surface area contributed by atoms with Crippen LogP contribution in [0.3, 0.4) is 0 Å². The van der Waals surface area contributed by atoms with Crippen molar-refractivity contribution in [2.24, 2.45) is 0 Å². The van der Waals surface area contributed by atoms with E-state index in [2.05, 4.69) is 20.3 Å². The van der Waals surface area contributed by atoms with Crippen LogP contribution in [-0.2, 0) is 11.3 Å². The zero-order chi connectivity index (χ0) is 12.4. The molecule has 1 amide bonds. The fourth-order valence-corrected chi connectivity index (χ4v) is 1.61. The normalized spacial score (nSPS) is 10.7. The number of fused-ring (bicyclic) bond motifs is 1. The number of nitrogens with one attached hydrogen (secondary N) is 1. The van der Waals surface area contributed by atoms with E-state index in [-0.39, 0.29) is 12.5 Å². The molecule has 0 spiro atoms. The Labute approximate surface area is 101 Å². The lowest BCUT2D eigenvalue weighted by Gasteiger charge is -2.03. The first-order valence-electron chi connectivity index (χ1n) is 5.27. The summed E-state index contributed by atoms with van der Waals surface area (Å²) in [5.41, 5.74) is 1.28. The van der Waals surface area contributed by atoms with Crippen molar-refractivity contribution in [3.8, 4) is 0 Å². The van der Waals surface area contributed by atoms with Gasteiger partial charge in [-0.15, -0.1) is 0 Å². The van der Waals surface area contributed by atoms with Gasteiger partial charge in [-0.3, -0.25) is 10.1 Å². The minimum absolute atomic E-state index is 0.119. The van der Waals surface area contributed by atoms with Gasteiger partial charge < -0.3 is 8.98 Å². The summed E-state index contributed by atoms with van der Waals surface area (Å²) in [6.07, 6.45) is 6.07. The van der Waals surface area contributed by atoms with Gasteiger partial charge in [-0.25, -0.2) is 15.0 Å². The predicted molar refractivity (Wildman–Crippen MR) is 62.7 cm³/mol. The number of carbonyl (C=O) groups is 1. The number of aromatic nitrogens is 4. The minimum Gasteiger partial charge on any atom is -0.449 e. The molecule has 0 bridgehead atoms. The molecule has 7 nitrogen and oxygen atoms in total. The number of anilines is 1. The predicted octanol–water partition coefficient (Wildman–Crippen LogP) is 1.06. The van der Waals surface area contributed by atoms with E-state index in [0.717, 1.165) is 0 Å². The fourth-order valence-electron chi connectivity index (χ4n) is 1.61. The molecule has 7 heteroatoms. The molecule has 3 heterocycles. The first-order chi connectivity index (χ1) is 8.83. The van der Waals surface area contributed by atoms with Crippen molar-refractivity contribution in [1.29, 1.82) is 0 Å². The molecule has 0 fully saturated rings. The van der Waals surface area contributed by atoms with Crippen LogP contribution in [0.2, 0.25) is 0 Å². The molecule has 18 heavy (non-hydrogen) atoms. The Hall–Kier alpha value is -2.70. The van der Waals surface area contributed by atoms with Gasteiger partial charge in [-0.2, -0.15) is 0 Å². The van der Waals surface area contributed by atoms with Crippen LogP contribution >= 0.6 is 0 Å². The molecule has 1 N–H and O–H groups in total. The molecule has 0 saturated carbocycles. The third kappa shape index (κ3) is 1.93. The third-order valence-corrected chi connectivity index (χ3v) is 2.38. The molecule has 0 aliphatic rings. The number of rotatable bonds is 3. The van der Waals surface area contributed by atoms with Crippen LogP contribution in [0.4, 0.5) is 5.88 Å². The van der Waals surface area contributed by atoms with Gasteiger partial charge in [0.1, 0.15) is 18.4 Å². The number of furan rings is 1. The van der Waals surface area contributed by atoms with Crippen molar-refractivity contribution in [2.45, 2.75) is 6.54 Å². The number of carbonyl (C=O) groups excluding carboxylic acids is 1. The van der Waals surface area contributed by atoms with Crippen LogP contribution in [0.5, 0.6) is 0 Å². The van der Waals surface area contributed by atoms with E-state index in [1.807, 2.05) is 0 Å². The summed E-state index contributed by atoms with van der Waals surface area (Å²) in [7, 11) is 0. The molecule has 0 atom stereocenters. The van der Waals surface area contributed by atoms with Crippen molar-refractivity contribution >= 4 is 23.0 Å². The van der Waals surface area contributed by atoms with Crippen LogP contribution in [0.1, 0.15) is 0 Å². The summed E-state index contributed by atoms with van der Waals surface area (Å²) in [6, 6.07) is 3.38. The Balaban J connectivity index is 1.78. The Morgan fingerprint density at radius 2 is 2.39 bits per heavy atom. The van der Waals surface area contributed by atoms with Gasteiger partial charge in [0.2, 0.25) is 5.91 Å². The van der Waals surface area contributed by atoms with Crippen molar-refractivity contribution in [2.75, 3.05) is 5.32 Å². The van der Waals surface area contributed by atoms with Gasteiger partial charge in [0.05, 0.1) is 18.8 Å². The maximum Gasteiger partial charge on any atom is 0.246 e. The van der Waals surface area contributed by atoms with E-state index in [4.69, 9.17) is 4.42 Å². The molecule has 0 aromatic carbocycles. The molecule has 3 aromatic rings. The smallest absolute Gasteiger partial charge is 0.246 e. The lowest BCUT2D eigenvalue weighted by atomic mass is 10.5. The van der Waals surface area contributed by atoms with Gasteiger partial charge in [0.25, 0.3) is 0 Å². The molecule has 0 radical (unpaired) electrons. The van der Waals surface area contributed by atoms with E-state index in [1.165, 1.54) is 12.6 Å². The highest BCUT2D eigenvalue weighted by atomic mass is 16.3. The molecule has 0 aliphatic heterocycles. The van der Waals surface area contributed by atoms with Gasteiger partial charge in [0, 0.05) is 6.07 Å². The average molecular weight is 243 g/mol. The van der Waals surface area contributed by atoms with E-state index in [0.29, 0.717) is 17.0 Å².